The van der Waals surface area contributed by atoms with Gasteiger partial charge in [0, 0.05) is 38.1 Å². The van der Waals surface area contributed by atoms with Crippen molar-refractivity contribution in [3.63, 3.8) is 0 Å². The number of hydrogen-bond acceptors (Lipinski definition) is 4. The Morgan fingerprint density at radius 2 is 1.86 bits per heavy atom. The van der Waals surface area contributed by atoms with Gasteiger partial charge in [0.15, 0.2) is 0 Å². The maximum atomic E-state index is 12.0. The highest BCUT2D eigenvalue weighted by Crippen LogP contribution is 2.22. The van der Waals surface area contributed by atoms with Gasteiger partial charge in [-0.1, -0.05) is 0 Å². The zero-order valence-corrected chi connectivity index (χ0v) is 13.5. The van der Waals surface area contributed by atoms with Crippen LogP contribution in [0.3, 0.4) is 0 Å². The van der Waals surface area contributed by atoms with Crippen molar-refractivity contribution in [1.29, 1.82) is 0 Å². The van der Waals surface area contributed by atoms with Crippen LogP contribution < -0.4 is 9.47 Å². The van der Waals surface area contributed by atoms with E-state index in [-0.39, 0.29) is 12.0 Å². The summed E-state index contributed by atoms with van der Waals surface area (Å²) >= 11 is 1.72. The molecule has 0 radical (unpaired) electrons. The number of ether oxygens (including phenoxy) is 2. The summed E-state index contributed by atoms with van der Waals surface area (Å²) in [5.41, 5.74) is 0. The molecule has 0 aliphatic carbocycles. The lowest BCUT2D eigenvalue weighted by Crippen LogP contribution is -2.41. The third kappa shape index (κ3) is 4.84. The molecule has 1 heterocycles. The van der Waals surface area contributed by atoms with Gasteiger partial charge in [0.25, 0.3) is 0 Å². The average Bonchev–Trinajstić information content (AvgIpc) is 2.54. The molecule has 1 aromatic carbocycles. The molecule has 2 rings (SSSR count). The fourth-order valence-electron chi connectivity index (χ4n) is 2.42. The Hall–Kier alpha value is -1.36. The van der Waals surface area contributed by atoms with Crippen molar-refractivity contribution in [2.45, 2.75) is 25.4 Å². The molecule has 1 aromatic rings. The summed E-state index contributed by atoms with van der Waals surface area (Å²) in [6.45, 7) is 1.60. The van der Waals surface area contributed by atoms with E-state index in [1.807, 2.05) is 35.4 Å². The molecule has 0 aromatic heterocycles. The van der Waals surface area contributed by atoms with E-state index in [9.17, 15) is 4.79 Å². The first kappa shape index (κ1) is 16.0. The van der Waals surface area contributed by atoms with Crippen LogP contribution in [0.15, 0.2) is 24.3 Å². The summed E-state index contributed by atoms with van der Waals surface area (Å²) in [5.74, 6) is 2.87. The number of amides is 1. The molecule has 1 saturated heterocycles. The van der Waals surface area contributed by atoms with E-state index in [2.05, 4.69) is 0 Å². The van der Waals surface area contributed by atoms with Crippen molar-refractivity contribution in [3.05, 3.63) is 24.3 Å². The van der Waals surface area contributed by atoms with Crippen molar-refractivity contribution in [2.24, 2.45) is 0 Å². The highest BCUT2D eigenvalue weighted by molar-refractivity contribution is 7.98. The number of hydrogen-bond donors (Lipinski definition) is 0. The first-order valence-corrected chi connectivity index (χ1v) is 8.69. The summed E-state index contributed by atoms with van der Waals surface area (Å²) < 4.78 is 11.1. The number of rotatable bonds is 6. The highest BCUT2D eigenvalue weighted by atomic mass is 32.2. The summed E-state index contributed by atoms with van der Waals surface area (Å²) in [6.07, 6.45) is 4.67. The van der Waals surface area contributed by atoms with E-state index in [1.54, 1.807) is 18.9 Å². The van der Waals surface area contributed by atoms with Gasteiger partial charge in [-0.3, -0.25) is 4.79 Å². The Balaban J connectivity index is 1.76. The molecule has 1 aliphatic rings. The second-order valence-electron chi connectivity index (χ2n) is 5.12. The zero-order valence-electron chi connectivity index (χ0n) is 12.7. The van der Waals surface area contributed by atoms with Gasteiger partial charge in [-0.05, 0) is 30.5 Å². The maximum Gasteiger partial charge on any atom is 0.223 e. The molecule has 4 nitrogen and oxygen atoms in total. The summed E-state index contributed by atoms with van der Waals surface area (Å²) in [4.78, 5) is 13.9. The van der Waals surface area contributed by atoms with E-state index in [1.165, 1.54) is 0 Å². The lowest BCUT2D eigenvalue weighted by molar-refractivity contribution is -0.132. The number of methoxy groups -OCH3 is 1. The number of thioether (sulfide) groups is 1. The number of piperidine rings is 1. The Morgan fingerprint density at radius 1 is 1.24 bits per heavy atom. The molecule has 0 bridgehead atoms. The van der Waals surface area contributed by atoms with E-state index in [0.29, 0.717) is 6.42 Å². The van der Waals surface area contributed by atoms with Crippen LogP contribution >= 0.6 is 11.8 Å². The fraction of sp³-hybridized carbons (Fsp3) is 0.562. The van der Waals surface area contributed by atoms with Crippen LogP contribution in [0.2, 0.25) is 0 Å². The second-order valence-corrected chi connectivity index (χ2v) is 6.10. The molecular weight excluding hydrogens is 286 g/mol. The molecule has 1 amide bonds. The Bertz CT molecular complexity index is 441. The van der Waals surface area contributed by atoms with Crippen LogP contribution in [0.5, 0.6) is 11.5 Å². The monoisotopic (exact) mass is 309 g/mol. The van der Waals surface area contributed by atoms with Gasteiger partial charge in [0.1, 0.15) is 17.6 Å². The third-order valence-electron chi connectivity index (χ3n) is 3.68. The molecule has 1 aliphatic heterocycles. The lowest BCUT2D eigenvalue weighted by atomic mass is 10.1. The molecule has 0 unspecified atom stereocenters. The topological polar surface area (TPSA) is 38.8 Å². The Labute approximate surface area is 130 Å². The third-order valence-corrected chi connectivity index (χ3v) is 4.29. The van der Waals surface area contributed by atoms with Gasteiger partial charge < -0.3 is 14.4 Å². The number of carbonyl (C=O) groups is 1. The fourth-order valence-corrected chi connectivity index (χ4v) is 2.80. The maximum absolute atomic E-state index is 12.0. The van der Waals surface area contributed by atoms with Gasteiger partial charge in [0.05, 0.1) is 7.11 Å². The smallest absolute Gasteiger partial charge is 0.223 e. The van der Waals surface area contributed by atoms with Crippen molar-refractivity contribution in [3.8, 4) is 11.5 Å². The largest absolute Gasteiger partial charge is 0.497 e. The van der Waals surface area contributed by atoms with Crippen LogP contribution in [-0.2, 0) is 4.79 Å². The summed E-state index contributed by atoms with van der Waals surface area (Å²) in [5, 5.41) is 0. The minimum atomic E-state index is 0.197. The van der Waals surface area contributed by atoms with E-state index >= 15 is 0 Å². The first-order chi connectivity index (χ1) is 10.2. The van der Waals surface area contributed by atoms with E-state index in [0.717, 1.165) is 43.2 Å². The van der Waals surface area contributed by atoms with Crippen molar-refractivity contribution in [1.82, 2.24) is 4.90 Å². The summed E-state index contributed by atoms with van der Waals surface area (Å²) in [6, 6.07) is 7.65. The highest BCUT2D eigenvalue weighted by Gasteiger charge is 2.23. The van der Waals surface area contributed by atoms with Gasteiger partial charge >= 0.3 is 0 Å². The first-order valence-electron chi connectivity index (χ1n) is 7.30. The van der Waals surface area contributed by atoms with E-state index < -0.39 is 0 Å². The normalized spacial score (nSPS) is 15.8. The molecule has 0 atom stereocenters. The van der Waals surface area contributed by atoms with Crippen molar-refractivity contribution < 1.29 is 14.3 Å². The van der Waals surface area contributed by atoms with Crippen LogP contribution in [0.4, 0.5) is 0 Å². The Kier molecular flexibility index (Phi) is 6.23. The number of likely N-dealkylation sites (tertiary alicyclic amines) is 1. The zero-order chi connectivity index (χ0) is 15.1. The van der Waals surface area contributed by atoms with Gasteiger partial charge in [-0.25, -0.2) is 0 Å². The quantitative estimate of drug-likeness (QED) is 0.810. The van der Waals surface area contributed by atoms with Crippen LogP contribution in [0.25, 0.3) is 0 Å². The summed E-state index contributed by atoms with van der Waals surface area (Å²) in [7, 11) is 1.65. The number of carbonyl (C=O) groups excluding carboxylic acids is 1. The van der Waals surface area contributed by atoms with Gasteiger partial charge in [0.2, 0.25) is 5.91 Å². The van der Waals surface area contributed by atoms with Crippen molar-refractivity contribution in [2.75, 3.05) is 32.2 Å². The standard InChI is InChI=1S/C16H23NO3S/c1-19-13-3-5-14(6-4-13)20-15-7-10-17(11-8-15)16(18)9-12-21-2/h3-6,15H,7-12H2,1-2H3. The van der Waals surface area contributed by atoms with E-state index in [4.69, 9.17) is 9.47 Å². The molecule has 21 heavy (non-hydrogen) atoms. The van der Waals surface area contributed by atoms with Crippen molar-refractivity contribution >= 4 is 17.7 Å². The molecule has 1 fully saturated rings. The van der Waals surface area contributed by atoms with Gasteiger partial charge in [-0.2, -0.15) is 11.8 Å². The molecule has 5 heteroatoms. The minimum absolute atomic E-state index is 0.197. The van der Waals surface area contributed by atoms with Gasteiger partial charge in [-0.15, -0.1) is 0 Å². The Morgan fingerprint density at radius 3 is 2.43 bits per heavy atom. The van der Waals surface area contributed by atoms with Crippen LogP contribution in [0, 0.1) is 0 Å². The lowest BCUT2D eigenvalue weighted by Gasteiger charge is -2.32. The molecule has 0 N–H and O–H groups in total. The molecule has 0 saturated carbocycles. The number of benzene rings is 1. The SMILES string of the molecule is COc1ccc(OC2CCN(C(=O)CCSC)CC2)cc1. The van der Waals surface area contributed by atoms with Crippen LogP contribution in [0.1, 0.15) is 19.3 Å². The second kappa shape index (κ2) is 8.17. The number of nitrogens with zero attached hydrogens (tertiary/aromatic N) is 1. The predicted octanol–water partition coefficient (Wildman–Crippen LogP) is 2.82. The minimum Gasteiger partial charge on any atom is -0.497 e. The predicted molar refractivity (Wildman–Crippen MR) is 86.2 cm³/mol. The molecular formula is C16H23NO3S. The molecule has 0 spiro atoms. The van der Waals surface area contributed by atoms with Crippen LogP contribution in [-0.4, -0.2) is 49.1 Å². The average molecular weight is 309 g/mol. The molecule has 116 valence electrons.